The van der Waals surface area contributed by atoms with Gasteiger partial charge in [0.2, 0.25) is 0 Å². The van der Waals surface area contributed by atoms with E-state index in [0.29, 0.717) is 11.3 Å². The Bertz CT molecular complexity index is 800. The maximum atomic E-state index is 12.2. The molecule has 0 spiro atoms. The molecule has 11 heteroatoms. The number of aliphatic carboxylic acids is 1. The number of nitrogens with zero attached hydrogens (tertiary/aromatic N) is 1. The highest BCUT2D eigenvalue weighted by Crippen LogP contribution is 2.36. The second-order valence-electron chi connectivity index (χ2n) is 4.16. The summed E-state index contributed by atoms with van der Waals surface area (Å²) in [6.07, 6.45) is 1.74. The van der Waals surface area contributed by atoms with Gasteiger partial charge >= 0.3 is 5.97 Å². The van der Waals surface area contributed by atoms with E-state index < -0.39 is 21.9 Å². The van der Waals surface area contributed by atoms with Gasteiger partial charge in [-0.15, -0.1) is 22.7 Å². The van der Waals surface area contributed by atoms with Crippen LogP contribution in [0.5, 0.6) is 0 Å². The number of aromatic nitrogens is 1. The quantitative estimate of drug-likeness (QED) is 0.766. The lowest BCUT2D eigenvalue weighted by atomic mass is 10.1. The Kier molecular flexibility index (Phi) is 5.33. The maximum Gasteiger partial charge on any atom is 0.311 e. The fraction of sp³-hybridized carbons (Fsp3) is 0.273. The van der Waals surface area contributed by atoms with E-state index in [-0.39, 0.29) is 18.7 Å². The van der Waals surface area contributed by atoms with Gasteiger partial charge in [-0.25, -0.2) is 13.4 Å². The summed E-state index contributed by atoms with van der Waals surface area (Å²) in [6.45, 7) is 1.73. The van der Waals surface area contributed by atoms with Crippen molar-refractivity contribution >= 4 is 67.0 Å². The second kappa shape index (κ2) is 6.71. The first-order valence-electron chi connectivity index (χ1n) is 5.90. The molecule has 1 unspecified atom stereocenters. The van der Waals surface area contributed by atoms with E-state index in [9.17, 15) is 13.2 Å². The lowest BCUT2D eigenvalue weighted by molar-refractivity contribution is -0.138. The predicted molar refractivity (Wildman–Crippen MR) is 87.9 cm³/mol. The predicted octanol–water partition coefficient (Wildman–Crippen LogP) is 3.89. The van der Waals surface area contributed by atoms with Crippen LogP contribution in [0.25, 0.3) is 0 Å². The van der Waals surface area contributed by atoms with Crippen molar-refractivity contribution in [2.45, 2.75) is 24.2 Å². The van der Waals surface area contributed by atoms with Crippen molar-refractivity contribution in [3.05, 3.63) is 25.8 Å². The van der Waals surface area contributed by atoms with Crippen LogP contribution in [0.1, 0.15) is 24.1 Å². The summed E-state index contributed by atoms with van der Waals surface area (Å²) in [5.74, 6) is -1.69. The SMILES string of the molecule is CCC(C(=O)O)c1cnc(NS(=O)(=O)c2cc(Cl)sc2Cl)s1. The molecule has 0 saturated carbocycles. The molecular formula is C11H10Cl2N2O4S3. The number of carbonyl (C=O) groups is 1. The first-order valence-corrected chi connectivity index (χ1v) is 9.78. The number of anilines is 1. The Morgan fingerprint density at radius 1 is 1.45 bits per heavy atom. The molecule has 0 aliphatic heterocycles. The van der Waals surface area contributed by atoms with Crippen molar-refractivity contribution in [2.75, 3.05) is 4.72 Å². The largest absolute Gasteiger partial charge is 0.481 e. The first-order chi connectivity index (χ1) is 10.2. The van der Waals surface area contributed by atoms with Crippen LogP contribution in [0.15, 0.2) is 17.2 Å². The van der Waals surface area contributed by atoms with E-state index in [0.717, 1.165) is 22.7 Å². The molecule has 0 radical (unpaired) electrons. The topological polar surface area (TPSA) is 96.4 Å². The number of halogens is 2. The molecule has 1 atom stereocenters. The maximum absolute atomic E-state index is 12.2. The van der Waals surface area contributed by atoms with Crippen molar-refractivity contribution in [1.29, 1.82) is 0 Å². The van der Waals surface area contributed by atoms with Gasteiger partial charge in [0, 0.05) is 11.1 Å². The Labute approximate surface area is 144 Å². The number of thiazole rings is 1. The van der Waals surface area contributed by atoms with Crippen molar-refractivity contribution in [1.82, 2.24) is 4.98 Å². The molecule has 120 valence electrons. The van der Waals surface area contributed by atoms with Crippen molar-refractivity contribution in [2.24, 2.45) is 0 Å². The lowest BCUT2D eigenvalue weighted by Gasteiger charge is -2.05. The van der Waals surface area contributed by atoms with E-state index in [1.165, 1.54) is 12.3 Å². The van der Waals surface area contributed by atoms with Crippen LogP contribution in [0, 0.1) is 0 Å². The number of sulfonamides is 1. The summed E-state index contributed by atoms with van der Waals surface area (Å²) in [5, 5.41) is 9.17. The summed E-state index contributed by atoms with van der Waals surface area (Å²) in [4.78, 5) is 15.4. The Morgan fingerprint density at radius 3 is 2.64 bits per heavy atom. The standard InChI is InChI=1S/C11H10Cl2N2O4S3/c1-2-5(10(16)17)6-4-14-11(20-6)15-22(18,19)7-3-8(12)21-9(7)13/h3-5H,2H2,1H3,(H,14,15)(H,16,17). The van der Waals surface area contributed by atoms with Gasteiger partial charge < -0.3 is 5.11 Å². The molecule has 6 nitrogen and oxygen atoms in total. The van der Waals surface area contributed by atoms with E-state index >= 15 is 0 Å². The zero-order valence-corrected chi connectivity index (χ0v) is 15.0. The van der Waals surface area contributed by atoms with Crippen LogP contribution in [0.3, 0.4) is 0 Å². The third-order valence-corrected chi connectivity index (χ3v) is 6.96. The minimum absolute atomic E-state index is 0.0475. The second-order valence-corrected chi connectivity index (χ2v) is 9.16. The number of hydrogen-bond acceptors (Lipinski definition) is 6. The number of nitrogens with one attached hydrogen (secondary N) is 1. The molecular weight excluding hydrogens is 391 g/mol. The minimum Gasteiger partial charge on any atom is -0.481 e. The molecule has 0 aliphatic carbocycles. The molecule has 2 aromatic heterocycles. The molecule has 2 heterocycles. The molecule has 0 fully saturated rings. The summed E-state index contributed by atoms with van der Waals surface area (Å²) < 4.78 is 27.0. The molecule has 0 bridgehead atoms. The van der Waals surface area contributed by atoms with Gasteiger partial charge in [0.15, 0.2) is 5.13 Å². The highest BCUT2D eigenvalue weighted by molar-refractivity contribution is 7.93. The normalized spacial score (nSPS) is 13.0. The van der Waals surface area contributed by atoms with E-state index in [4.69, 9.17) is 28.3 Å². The molecule has 2 aromatic rings. The Balaban J connectivity index is 2.26. The Morgan fingerprint density at radius 2 is 2.14 bits per heavy atom. The average molecular weight is 401 g/mol. The third-order valence-electron chi connectivity index (χ3n) is 2.71. The van der Waals surface area contributed by atoms with Crippen LogP contribution < -0.4 is 4.72 Å². The lowest BCUT2D eigenvalue weighted by Crippen LogP contribution is -2.12. The summed E-state index contributed by atoms with van der Waals surface area (Å²) in [7, 11) is -3.92. The number of carboxylic acids is 1. The zero-order valence-electron chi connectivity index (χ0n) is 11.0. The van der Waals surface area contributed by atoms with Crippen LogP contribution in [-0.2, 0) is 14.8 Å². The van der Waals surface area contributed by atoms with Crippen molar-refractivity contribution in [3.63, 3.8) is 0 Å². The van der Waals surface area contributed by atoms with Crippen molar-refractivity contribution < 1.29 is 18.3 Å². The fourth-order valence-corrected chi connectivity index (χ4v) is 6.06. The highest BCUT2D eigenvalue weighted by Gasteiger charge is 2.24. The Hall–Kier alpha value is -0.870. The number of hydrogen-bond donors (Lipinski definition) is 2. The fourth-order valence-electron chi connectivity index (χ4n) is 1.67. The monoisotopic (exact) mass is 400 g/mol. The van der Waals surface area contributed by atoms with Gasteiger partial charge in [-0.05, 0) is 12.5 Å². The van der Waals surface area contributed by atoms with E-state index in [2.05, 4.69) is 9.71 Å². The number of thiophene rings is 1. The van der Waals surface area contributed by atoms with Gasteiger partial charge in [-0.2, -0.15) is 0 Å². The van der Waals surface area contributed by atoms with Gasteiger partial charge in [0.05, 0.1) is 10.3 Å². The molecule has 0 aliphatic rings. The highest BCUT2D eigenvalue weighted by atomic mass is 35.5. The molecule has 0 aromatic carbocycles. The first kappa shape index (κ1) is 17.5. The third kappa shape index (κ3) is 3.72. The smallest absolute Gasteiger partial charge is 0.311 e. The van der Waals surface area contributed by atoms with Gasteiger partial charge in [-0.1, -0.05) is 30.1 Å². The number of rotatable bonds is 6. The molecule has 0 amide bonds. The van der Waals surface area contributed by atoms with Crippen LogP contribution >= 0.6 is 45.9 Å². The summed E-state index contributed by atoms with van der Waals surface area (Å²) in [6, 6.07) is 1.25. The molecule has 0 saturated heterocycles. The molecule has 2 N–H and O–H groups in total. The minimum atomic E-state index is -3.92. The van der Waals surface area contributed by atoms with Gasteiger partial charge in [0.25, 0.3) is 10.0 Å². The number of carboxylic acid groups (broad SMARTS) is 1. The van der Waals surface area contributed by atoms with Crippen LogP contribution in [0.4, 0.5) is 5.13 Å². The van der Waals surface area contributed by atoms with Gasteiger partial charge in [-0.3, -0.25) is 9.52 Å². The zero-order chi connectivity index (χ0) is 16.5. The molecule has 2 rings (SSSR count). The average Bonchev–Trinajstić information content (AvgIpc) is 2.96. The van der Waals surface area contributed by atoms with Crippen molar-refractivity contribution in [3.8, 4) is 0 Å². The molecule has 22 heavy (non-hydrogen) atoms. The van der Waals surface area contributed by atoms with Crippen LogP contribution in [-0.4, -0.2) is 24.5 Å². The van der Waals surface area contributed by atoms with E-state index in [1.807, 2.05) is 0 Å². The summed E-state index contributed by atoms with van der Waals surface area (Å²) >= 11 is 13.5. The van der Waals surface area contributed by atoms with Gasteiger partial charge in [0.1, 0.15) is 9.23 Å². The van der Waals surface area contributed by atoms with Crippen LogP contribution in [0.2, 0.25) is 8.67 Å². The summed E-state index contributed by atoms with van der Waals surface area (Å²) in [5.41, 5.74) is 0. The van der Waals surface area contributed by atoms with E-state index in [1.54, 1.807) is 6.92 Å².